The highest BCUT2D eigenvalue weighted by atomic mass is 16.3. The Morgan fingerprint density at radius 2 is 1.69 bits per heavy atom. The van der Waals surface area contributed by atoms with Crippen molar-refractivity contribution in [2.45, 2.75) is 0 Å². The third-order valence-electron chi connectivity index (χ3n) is 1.82. The minimum absolute atomic E-state index is 0.0312. The molecule has 2 rings (SSSR count). The first kappa shape index (κ1) is 7.73. The molecule has 0 saturated heterocycles. The number of para-hydroxylation sites is 1. The van der Waals surface area contributed by atoms with Crippen LogP contribution in [0.5, 0.6) is 11.6 Å². The van der Waals surface area contributed by atoms with Gasteiger partial charge in [-0.1, -0.05) is 18.2 Å². The second-order valence-corrected chi connectivity index (χ2v) is 2.76. The summed E-state index contributed by atoms with van der Waals surface area (Å²) in [6, 6.07) is 10.6. The molecule has 2 N–H and O–H groups in total. The van der Waals surface area contributed by atoms with Crippen LogP contribution in [0, 0.1) is 0 Å². The van der Waals surface area contributed by atoms with Crippen molar-refractivity contribution >= 4 is 0 Å². The van der Waals surface area contributed by atoms with Crippen molar-refractivity contribution < 1.29 is 10.2 Å². The van der Waals surface area contributed by atoms with Crippen molar-refractivity contribution in [3.8, 4) is 17.3 Å². The van der Waals surface area contributed by atoms with Crippen molar-refractivity contribution in [1.82, 2.24) is 4.57 Å². The zero-order valence-corrected chi connectivity index (χ0v) is 6.88. The maximum atomic E-state index is 9.39. The molecule has 0 aliphatic rings. The largest absolute Gasteiger partial charge is 0.506 e. The third kappa shape index (κ3) is 1.36. The Kier molecular flexibility index (Phi) is 1.70. The molecule has 0 aliphatic carbocycles. The molecule has 3 nitrogen and oxygen atoms in total. The standard InChI is InChI=1S/C10H9NO2/c12-9-6-10(13)11(7-9)8-4-2-1-3-5-8/h1-7,12-13H. The van der Waals surface area contributed by atoms with Gasteiger partial charge in [0.1, 0.15) is 5.75 Å². The average molecular weight is 175 g/mol. The molecule has 0 fully saturated rings. The van der Waals surface area contributed by atoms with Gasteiger partial charge in [-0.3, -0.25) is 4.57 Å². The first-order valence-electron chi connectivity index (χ1n) is 3.93. The van der Waals surface area contributed by atoms with Crippen molar-refractivity contribution in [3.05, 3.63) is 42.6 Å². The summed E-state index contributed by atoms with van der Waals surface area (Å²) < 4.78 is 1.51. The highest BCUT2D eigenvalue weighted by molar-refractivity contribution is 5.40. The molecule has 13 heavy (non-hydrogen) atoms. The van der Waals surface area contributed by atoms with E-state index in [1.807, 2.05) is 30.3 Å². The van der Waals surface area contributed by atoms with E-state index in [-0.39, 0.29) is 11.6 Å². The Balaban J connectivity index is 2.53. The van der Waals surface area contributed by atoms with Crippen LogP contribution in [0.4, 0.5) is 0 Å². The molecule has 0 spiro atoms. The van der Waals surface area contributed by atoms with E-state index >= 15 is 0 Å². The molecule has 1 aromatic carbocycles. The number of aromatic nitrogens is 1. The fourth-order valence-electron chi connectivity index (χ4n) is 1.23. The van der Waals surface area contributed by atoms with E-state index in [2.05, 4.69) is 0 Å². The van der Waals surface area contributed by atoms with Crippen molar-refractivity contribution in [2.75, 3.05) is 0 Å². The fraction of sp³-hybridized carbons (Fsp3) is 0. The number of aromatic hydroxyl groups is 2. The average Bonchev–Trinajstić information content (AvgIpc) is 2.47. The van der Waals surface area contributed by atoms with Gasteiger partial charge in [-0.05, 0) is 12.1 Å². The van der Waals surface area contributed by atoms with Crippen LogP contribution < -0.4 is 0 Å². The predicted molar refractivity (Wildman–Crippen MR) is 49.1 cm³/mol. The van der Waals surface area contributed by atoms with Crippen molar-refractivity contribution in [1.29, 1.82) is 0 Å². The summed E-state index contributed by atoms with van der Waals surface area (Å²) in [5.41, 5.74) is 0.820. The maximum absolute atomic E-state index is 9.39. The Hall–Kier alpha value is -1.90. The normalized spacial score (nSPS) is 10.2. The number of nitrogens with zero attached hydrogens (tertiary/aromatic N) is 1. The lowest BCUT2D eigenvalue weighted by atomic mass is 10.3. The Morgan fingerprint density at radius 1 is 1.00 bits per heavy atom. The lowest BCUT2D eigenvalue weighted by Gasteiger charge is -2.02. The molecule has 1 aromatic heterocycles. The van der Waals surface area contributed by atoms with Crippen LogP contribution in [0.1, 0.15) is 0 Å². The van der Waals surface area contributed by atoms with Gasteiger partial charge < -0.3 is 10.2 Å². The molecule has 0 unspecified atom stereocenters. The van der Waals surface area contributed by atoms with Crippen LogP contribution in [0.3, 0.4) is 0 Å². The molecular formula is C10H9NO2. The van der Waals surface area contributed by atoms with Gasteiger partial charge in [0.25, 0.3) is 0 Å². The van der Waals surface area contributed by atoms with E-state index in [4.69, 9.17) is 5.11 Å². The van der Waals surface area contributed by atoms with E-state index in [1.54, 1.807) is 0 Å². The molecule has 0 radical (unpaired) electrons. The minimum Gasteiger partial charge on any atom is -0.506 e. The van der Waals surface area contributed by atoms with E-state index < -0.39 is 0 Å². The lowest BCUT2D eigenvalue weighted by Crippen LogP contribution is -1.89. The van der Waals surface area contributed by atoms with Crippen LogP contribution >= 0.6 is 0 Å². The van der Waals surface area contributed by atoms with Crippen LogP contribution in [-0.2, 0) is 0 Å². The van der Waals surface area contributed by atoms with Gasteiger partial charge >= 0.3 is 0 Å². The molecule has 66 valence electrons. The fourth-order valence-corrected chi connectivity index (χ4v) is 1.23. The Morgan fingerprint density at radius 3 is 2.23 bits per heavy atom. The molecule has 2 aromatic rings. The van der Waals surface area contributed by atoms with Crippen LogP contribution in [0.25, 0.3) is 5.69 Å². The first-order chi connectivity index (χ1) is 6.27. The van der Waals surface area contributed by atoms with Gasteiger partial charge in [-0.2, -0.15) is 0 Å². The lowest BCUT2D eigenvalue weighted by molar-refractivity contribution is 0.441. The van der Waals surface area contributed by atoms with Gasteiger partial charge in [-0.25, -0.2) is 0 Å². The number of benzene rings is 1. The summed E-state index contributed by atoms with van der Waals surface area (Å²) in [5, 5.41) is 18.5. The summed E-state index contributed by atoms with van der Waals surface area (Å²) in [6.07, 6.45) is 1.46. The number of hydrogen-bond acceptors (Lipinski definition) is 2. The SMILES string of the molecule is Oc1cc(O)n(-c2ccccc2)c1. The molecule has 0 amide bonds. The van der Waals surface area contributed by atoms with E-state index in [9.17, 15) is 5.11 Å². The molecule has 3 heteroatoms. The summed E-state index contributed by atoms with van der Waals surface area (Å²) in [5.74, 6) is 0.0880. The Labute approximate surface area is 75.5 Å². The second kappa shape index (κ2) is 2.86. The summed E-state index contributed by atoms with van der Waals surface area (Å²) in [7, 11) is 0. The summed E-state index contributed by atoms with van der Waals surface area (Å²) in [6.45, 7) is 0. The zero-order valence-electron chi connectivity index (χ0n) is 6.88. The Bertz CT molecular complexity index is 406. The first-order valence-corrected chi connectivity index (χ1v) is 3.93. The minimum atomic E-state index is 0.0312. The number of hydrogen-bond donors (Lipinski definition) is 2. The van der Waals surface area contributed by atoms with Crippen molar-refractivity contribution in [2.24, 2.45) is 0 Å². The molecule has 0 saturated carbocycles. The highest BCUT2D eigenvalue weighted by Gasteiger charge is 2.03. The zero-order chi connectivity index (χ0) is 9.26. The van der Waals surface area contributed by atoms with Gasteiger partial charge in [-0.15, -0.1) is 0 Å². The van der Waals surface area contributed by atoms with E-state index in [1.165, 1.54) is 16.8 Å². The van der Waals surface area contributed by atoms with Gasteiger partial charge in [0.2, 0.25) is 0 Å². The molecule has 1 heterocycles. The smallest absolute Gasteiger partial charge is 0.199 e. The summed E-state index contributed by atoms with van der Waals surface area (Å²) in [4.78, 5) is 0. The monoisotopic (exact) mass is 175 g/mol. The molecular weight excluding hydrogens is 166 g/mol. The van der Waals surface area contributed by atoms with Gasteiger partial charge in [0.15, 0.2) is 5.88 Å². The molecule has 0 bridgehead atoms. The summed E-state index contributed by atoms with van der Waals surface area (Å²) >= 11 is 0. The van der Waals surface area contributed by atoms with Crippen LogP contribution in [-0.4, -0.2) is 14.8 Å². The highest BCUT2D eigenvalue weighted by Crippen LogP contribution is 2.24. The van der Waals surface area contributed by atoms with Crippen LogP contribution in [0.2, 0.25) is 0 Å². The van der Waals surface area contributed by atoms with Crippen LogP contribution in [0.15, 0.2) is 42.6 Å². The quantitative estimate of drug-likeness (QED) is 0.695. The second-order valence-electron chi connectivity index (χ2n) is 2.76. The van der Waals surface area contributed by atoms with Gasteiger partial charge in [0, 0.05) is 11.8 Å². The van der Waals surface area contributed by atoms with Crippen molar-refractivity contribution in [3.63, 3.8) is 0 Å². The van der Waals surface area contributed by atoms with Gasteiger partial charge in [0.05, 0.1) is 6.20 Å². The molecule has 0 atom stereocenters. The number of rotatable bonds is 1. The molecule has 0 aliphatic heterocycles. The topological polar surface area (TPSA) is 45.4 Å². The van der Waals surface area contributed by atoms with E-state index in [0.29, 0.717) is 0 Å². The predicted octanol–water partition coefficient (Wildman–Crippen LogP) is 1.89. The van der Waals surface area contributed by atoms with E-state index in [0.717, 1.165) is 5.69 Å². The maximum Gasteiger partial charge on any atom is 0.199 e. The third-order valence-corrected chi connectivity index (χ3v) is 1.82.